The Balaban J connectivity index is 1.33. The quantitative estimate of drug-likeness (QED) is 0.515. The first-order valence-electron chi connectivity index (χ1n) is 13.9. The van der Waals surface area contributed by atoms with Crippen LogP contribution in [0.2, 0.25) is 0 Å². The monoisotopic (exact) mass is 515 g/mol. The molecule has 0 saturated carbocycles. The van der Waals surface area contributed by atoms with E-state index in [2.05, 4.69) is 38.3 Å². The van der Waals surface area contributed by atoms with Gasteiger partial charge in [-0.15, -0.1) is 0 Å². The molecular weight excluding hydrogens is 477 g/mol. The Labute approximate surface area is 225 Å². The molecule has 3 heterocycles. The molecule has 1 saturated heterocycles. The second-order valence-electron chi connectivity index (χ2n) is 10.3. The van der Waals surface area contributed by atoms with Gasteiger partial charge in [0.25, 0.3) is 5.91 Å². The van der Waals surface area contributed by atoms with E-state index in [1.54, 1.807) is 24.5 Å². The van der Waals surface area contributed by atoms with E-state index in [1.807, 2.05) is 17.0 Å². The third-order valence-corrected chi connectivity index (χ3v) is 7.63. The van der Waals surface area contributed by atoms with Crippen molar-refractivity contribution in [2.75, 3.05) is 49.1 Å². The highest BCUT2D eigenvalue weighted by Crippen LogP contribution is 2.29. The molecule has 38 heavy (non-hydrogen) atoms. The maximum atomic E-state index is 13.6. The number of pyridine rings is 1. The van der Waals surface area contributed by atoms with Crippen molar-refractivity contribution in [3.8, 4) is 0 Å². The minimum atomic E-state index is -0.189. The molecule has 0 aliphatic carbocycles. The van der Waals surface area contributed by atoms with Crippen molar-refractivity contribution in [2.45, 2.75) is 45.2 Å². The van der Waals surface area contributed by atoms with E-state index >= 15 is 0 Å². The summed E-state index contributed by atoms with van der Waals surface area (Å²) in [5.41, 5.74) is 5.19. The van der Waals surface area contributed by atoms with Gasteiger partial charge in [-0.2, -0.15) is 0 Å². The van der Waals surface area contributed by atoms with Crippen LogP contribution in [-0.4, -0.2) is 55.1 Å². The van der Waals surface area contributed by atoms with Crippen LogP contribution in [0.4, 0.5) is 15.8 Å². The molecule has 2 aliphatic rings. The Hall–Kier alpha value is -3.29. The molecule has 7 heteroatoms. The number of carbonyl (C=O) groups is 1. The fourth-order valence-corrected chi connectivity index (χ4v) is 5.44. The van der Waals surface area contributed by atoms with E-state index in [0.29, 0.717) is 5.56 Å². The van der Waals surface area contributed by atoms with Gasteiger partial charge in [0, 0.05) is 75.1 Å². The van der Waals surface area contributed by atoms with Crippen molar-refractivity contribution in [1.82, 2.24) is 15.2 Å². The Morgan fingerprint density at radius 2 is 1.58 bits per heavy atom. The zero-order valence-corrected chi connectivity index (χ0v) is 22.1. The van der Waals surface area contributed by atoms with Crippen molar-refractivity contribution < 1.29 is 9.18 Å². The molecule has 0 spiro atoms. The van der Waals surface area contributed by atoms with Gasteiger partial charge in [0.15, 0.2) is 0 Å². The van der Waals surface area contributed by atoms with Gasteiger partial charge < -0.3 is 15.1 Å². The molecule has 5 rings (SSSR count). The topological polar surface area (TPSA) is 51.7 Å². The average molecular weight is 516 g/mol. The fourth-order valence-electron chi connectivity index (χ4n) is 5.44. The molecule has 2 aliphatic heterocycles. The lowest BCUT2D eigenvalue weighted by Crippen LogP contribution is -2.46. The lowest BCUT2D eigenvalue weighted by atomic mass is 10.1. The number of nitrogens with one attached hydrogen (secondary N) is 1. The maximum absolute atomic E-state index is 13.6. The van der Waals surface area contributed by atoms with Crippen molar-refractivity contribution >= 4 is 17.3 Å². The van der Waals surface area contributed by atoms with Gasteiger partial charge in [-0.3, -0.25) is 14.7 Å². The summed E-state index contributed by atoms with van der Waals surface area (Å²) >= 11 is 0. The Bertz CT molecular complexity index is 1180. The summed E-state index contributed by atoms with van der Waals surface area (Å²) in [5, 5.41) is 3.63. The Morgan fingerprint density at radius 1 is 0.842 bits per heavy atom. The van der Waals surface area contributed by atoms with Crippen LogP contribution < -0.4 is 15.1 Å². The highest BCUT2D eigenvalue weighted by molar-refractivity contribution is 6.06. The van der Waals surface area contributed by atoms with Gasteiger partial charge in [-0.1, -0.05) is 31.4 Å². The second-order valence-corrected chi connectivity index (χ2v) is 10.3. The van der Waals surface area contributed by atoms with E-state index in [9.17, 15) is 9.18 Å². The molecular formula is C31H38FN5O. The van der Waals surface area contributed by atoms with E-state index in [4.69, 9.17) is 0 Å². The average Bonchev–Trinajstić information content (AvgIpc) is 2.95. The SMILES string of the molecule is O=C(c1ccncc1)N1CCCCCCCNCc2cc(N3CCN(Cc4ccc(F)cc4)CC3)ccc21. The first kappa shape index (κ1) is 26.3. The lowest BCUT2D eigenvalue weighted by Gasteiger charge is -2.37. The van der Waals surface area contributed by atoms with Crippen LogP contribution in [0.25, 0.3) is 0 Å². The molecule has 1 aromatic heterocycles. The molecule has 0 bridgehead atoms. The summed E-state index contributed by atoms with van der Waals surface area (Å²) in [6.45, 7) is 7.08. The molecule has 1 N–H and O–H groups in total. The van der Waals surface area contributed by atoms with Crippen LogP contribution >= 0.6 is 0 Å². The van der Waals surface area contributed by atoms with Crippen molar-refractivity contribution in [2.24, 2.45) is 0 Å². The predicted molar refractivity (Wildman–Crippen MR) is 151 cm³/mol. The number of piperazine rings is 1. The number of rotatable bonds is 4. The fraction of sp³-hybridized carbons (Fsp3) is 0.419. The molecule has 6 nitrogen and oxygen atoms in total. The second kappa shape index (κ2) is 13.0. The molecule has 1 fully saturated rings. The van der Waals surface area contributed by atoms with Gasteiger partial charge in [0.2, 0.25) is 0 Å². The number of halogens is 1. The highest BCUT2D eigenvalue weighted by atomic mass is 19.1. The molecule has 3 aromatic rings. The van der Waals surface area contributed by atoms with Crippen LogP contribution in [0.15, 0.2) is 67.0 Å². The van der Waals surface area contributed by atoms with Crippen LogP contribution in [-0.2, 0) is 13.1 Å². The number of aromatic nitrogens is 1. The molecule has 0 radical (unpaired) electrons. The van der Waals surface area contributed by atoms with Crippen molar-refractivity contribution in [1.29, 1.82) is 0 Å². The normalized spacial score (nSPS) is 17.8. The first-order chi connectivity index (χ1) is 18.7. The minimum absolute atomic E-state index is 0.0351. The molecule has 1 amide bonds. The van der Waals surface area contributed by atoms with E-state index in [-0.39, 0.29) is 11.7 Å². The number of benzene rings is 2. The Kier molecular flexibility index (Phi) is 8.99. The molecule has 200 valence electrons. The van der Waals surface area contributed by atoms with Gasteiger partial charge in [0.05, 0.1) is 0 Å². The molecule has 0 unspecified atom stereocenters. The van der Waals surface area contributed by atoms with Crippen LogP contribution in [0.5, 0.6) is 0 Å². The van der Waals surface area contributed by atoms with E-state index in [0.717, 1.165) is 76.5 Å². The number of nitrogens with zero attached hydrogens (tertiary/aromatic N) is 4. The number of fused-ring (bicyclic) bond motifs is 1. The summed E-state index contributed by atoms with van der Waals surface area (Å²) in [6, 6.07) is 17.0. The first-order valence-corrected chi connectivity index (χ1v) is 13.9. The summed E-state index contributed by atoms with van der Waals surface area (Å²) in [6.07, 6.45) is 9.12. The number of carbonyl (C=O) groups excluding carboxylic acids is 1. The molecule has 0 atom stereocenters. The summed E-state index contributed by atoms with van der Waals surface area (Å²) in [7, 11) is 0. The zero-order valence-electron chi connectivity index (χ0n) is 22.1. The van der Waals surface area contributed by atoms with Gasteiger partial charge >= 0.3 is 0 Å². The number of hydrogen-bond acceptors (Lipinski definition) is 5. The van der Waals surface area contributed by atoms with E-state index < -0.39 is 0 Å². The van der Waals surface area contributed by atoms with E-state index in [1.165, 1.54) is 42.6 Å². The van der Waals surface area contributed by atoms with Gasteiger partial charge in [-0.25, -0.2) is 4.39 Å². The van der Waals surface area contributed by atoms with Gasteiger partial charge in [-0.05, 0) is 73.0 Å². The Morgan fingerprint density at radius 3 is 2.37 bits per heavy atom. The number of hydrogen-bond donors (Lipinski definition) is 1. The van der Waals surface area contributed by atoms with Crippen LogP contribution in [0.1, 0.15) is 53.6 Å². The third kappa shape index (κ3) is 6.77. The highest BCUT2D eigenvalue weighted by Gasteiger charge is 2.23. The molecule has 2 aromatic carbocycles. The standard InChI is InChI=1S/C31H38FN5O/c32-28-8-6-25(7-9-28)24-35-18-20-36(21-19-35)29-10-11-30-27(22-29)23-34-14-4-2-1-3-5-17-37(30)31(38)26-12-15-33-16-13-26/h6-13,15-16,22,34H,1-5,14,17-21,23-24H2. The number of amides is 1. The predicted octanol–water partition coefficient (Wildman–Crippen LogP) is 5.24. The van der Waals surface area contributed by atoms with Crippen LogP contribution in [0.3, 0.4) is 0 Å². The zero-order chi connectivity index (χ0) is 26.2. The summed E-state index contributed by atoms with van der Waals surface area (Å²) < 4.78 is 13.3. The minimum Gasteiger partial charge on any atom is -0.369 e. The van der Waals surface area contributed by atoms with Crippen molar-refractivity contribution in [3.63, 3.8) is 0 Å². The lowest BCUT2D eigenvalue weighted by molar-refractivity contribution is 0.0986. The maximum Gasteiger partial charge on any atom is 0.258 e. The summed E-state index contributed by atoms with van der Waals surface area (Å²) in [4.78, 5) is 24.5. The van der Waals surface area contributed by atoms with Crippen LogP contribution in [0, 0.1) is 5.82 Å². The van der Waals surface area contributed by atoms with Crippen molar-refractivity contribution in [3.05, 3.63) is 89.5 Å². The smallest absolute Gasteiger partial charge is 0.258 e. The largest absolute Gasteiger partial charge is 0.369 e. The van der Waals surface area contributed by atoms with Gasteiger partial charge in [0.1, 0.15) is 5.82 Å². The summed E-state index contributed by atoms with van der Waals surface area (Å²) in [5.74, 6) is -0.154. The number of anilines is 2. The third-order valence-electron chi connectivity index (χ3n) is 7.63.